The topological polar surface area (TPSA) is 62.5 Å². The molecule has 154 valence electrons. The fraction of sp³-hybridized carbons (Fsp3) is 0.0800. The van der Waals surface area contributed by atoms with Crippen molar-refractivity contribution in [2.75, 3.05) is 0 Å². The van der Waals surface area contributed by atoms with E-state index in [1.54, 1.807) is 12.1 Å². The molecule has 6 heteroatoms. The van der Waals surface area contributed by atoms with Gasteiger partial charge in [0.1, 0.15) is 5.82 Å². The zero-order valence-corrected chi connectivity index (χ0v) is 18.0. The van der Waals surface area contributed by atoms with Gasteiger partial charge in [0.15, 0.2) is 6.04 Å². The highest BCUT2D eigenvalue weighted by atomic mass is 79.9. The van der Waals surface area contributed by atoms with Crippen LogP contribution in [0, 0.1) is 5.82 Å². The Morgan fingerprint density at radius 2 is 1.61 bits per heavy atom. The molecule has 3 aromatic carbocycles. The quantitative estimate of drug-likeness (QED) is 0.364. The van der Waals surface area contributed by atoms with Gasteiger partial charge in [-0.1, -0.05) is 66.7 Å². The summed E-state index contributed by atoms with van der Waals surface area (Å²) in [4.78, 5) is 21.0. The van der Waals surface area contributed by atoms with Gasteiger partial charge in [-0.2, -0.15) is 0 Å². The molecule has 1 atom stereocenters. The number of pyridine rings is 1. The van der Waals surface area contributed by atoms with Gasteiger partial charge in [0.2, 0.25) is 0 Å². The van der Waals surface area contributed by atoms with Gasteiger partial charge >= 0.3 is 5.97 Å². The van der Waals surface area contributed by atoms with E-state index in [1.165, 1.54) is 6.07 Å². The van der Waals surface area contributed by atoms with E-state index in [2.05, 4.69) is 25.9 Å². The fourth-order valence-electron chi connectivity index (χ4n) is 3.45. The van der Waals surface area contributed by atoms with Gasteiger partial charge in [-0.25, -0.2) is 9.18 Å². The summed E-state index contributed by atoms with van der Waals surface area (Å²) in [6, 6.07) is 22.9. The molecule has 1 heterocycles. The van der Waals surface area contributed by atoms with Crippen molar-refractivity contribution in [1.82, 2.24) is 4.98 Å². The SMILES string of the molecule is O=C(O)C(Cc1ccc(Br)c2ncc(F)cc12)N=C(c1ccccc1)c1ccccc1. The zero-order valence-electron chi connectivity index (χ0n) is 16.4. The van der Waals surface area contributed by atoms with Crippen LogP contribution < -0.4 is 0 Å². The summed E-state index contributed by atoms with van der Waals surface area (Å²) in [5.74, 6) is -1.53. The molecule has 0 aliphatic rings. The summed E-state index contributed by atoms with van der Waals surface area (Å²) >= 11 is 3.42. The average molecular weight is 477 g/mol. The molecule has 0 radical (unpaired) electrons. The molecule has 0 saturated heterocycles. The highest BCUT2D eigenvalue weighted by molar-refractivity contribution is 9.10. The minimum absolute atomic E-state index is 0.105. The predicted octanol–water partition coefficient (Wildman–Crippen LogP) is 5.67. The molecule has 31 heavy (non-hydrogen) atoms. The molecule has 0 fully saturated rings. The lowest BCUT2D eigenvalue weighted by atomic mass is 9.99. The molecular formula is C25H18BrFN2O2. The maximum Gasteiger partial charge on any atom is 0.328 e. The number of carboxylic acids is 1. The molecular weight excluding hydrogens is 459 g/mol. The maximum absolute atomic E-state index is 13.9. The Balaban J connectivity index is 1.81. The van der Waals surface area contributed by atoms with E-state index >= 15 is 0 Å². The molecule has 0 bridgehead atoms. The number of carbonyl (C=O) groups is 1. The van der Waals surface area contributed by atoms with Crippen LogP contribution in [0.25, 0.3) is 10.9 Å². The number of aliphatic carboxylic acids is 1. The van der Waals surface area contributed by atoms with Crippen LogP contribution in [0.1, 0.15) is 16.7 Å². The van der Waals surface area contributed by atoms with Crippen molar-refractivity contribution in [3.63, 3.8) is 0 Å². The van der Waals surface area contributed by atoms with Crippen LogP contribution in [0.5, 0.6) is 0 Å². The van der Waals surface area contributed by atoms with Crippen molar-refractivity contribution >= 4 is 38.5 Å². The molecule has 0 aliphatic heterocycles. The van der Waals surface area contributed by atoms with E-state index in [-0.39, 0.29) is 6.42 Å². The number of aliphatic imine (C=N–C) groups is 1. The first-order chi connectivity index (χ1) is 15.0. The normalized spacial score (nSPS) is 11.8. The highest BCUT2D eigenvalue weighted by Gasteiger charge is 2.21. The van der Waals surface area contributed by atoms with Crippen molar-refractivity contribution in [3.05, 3.63) is 112 Å². The lowest BCUT2D eigenvalue weighted by Gasteiger charge is -2.14. The molecule has 1 N–H and O–H groups in total. The highest BCUT2D eigenvalue weighted by Crippen LogP contribution is 2.27. The van der Waals surface area contributed by atoms with Gasteiger partial charge in [0.25, 0.3) is 0 Å². The summed E-state index contributed by atoms with van der Waals surface area (Å²) in [5.41, 5.74) is 3.50. The van der Waals surface area contributed by atoms with E-state index in [4.69, 9.17) is 0 Å². The lowest BCUT2D eigenvalue weighted by molar-refractivity contribution is -0.138. The van der Waals surface area contributed by atoms with Crippen LogP contribution in [0.2, 0.25) is 0 Å². The van der Waals surface area contributed by atoms with Gasteiger partial charge in [-0.05, 0) is 33.6 Å². The Morgan fingerprint density at radius 3 is 2.19 bits per heavy atom. The molecule has 4 aromatic rings. The first-order valence-electron chi connectivity index (χ1n) is 9.67. The number of hydrogen-bond acceptors (Lipinski definition) is 3. The second-order valence-corrected chi connectivity index (χ2v) is 7.88. The molecule has 0 saturated carbocycles. The van der Waals surface area contributed by atoms with Crippen LogP contribution in [-0.4, -0.2) is 27.8 Å². The standard InChI is InChI=1S/C25H18BrFN2O2/c26-21-12-11-18(20-14-19(27)15-28-24(20)21)13-22(25(30)31)29-23(16-7-3-1-4-8-16)17-9-5-2-6-10-17/h1-12,14-15,22H,13H2,(H,30,31). The van der Waals surface area contributed by atoms with Gasteiger partial charge in [0.05, 0.1) is 17.4 Å². The van der Waals surface area contributed by atoms with Gasteiger partial charge < -0.3 is 5.11 Å². The number of benzene rings is 3. The largest absolute Gasteiger partial charge is 0.480 e. The van der Waals surface area contributed by atoms with Gasteiger partial charge in [-0.3, -0.25) is 9.98 Å². The average Bonchev–Trinajstić information content (AvgIpc) is 2.79. The van der Waals surface area contributed by atoms with E-state index in [0.29, 0.717) is 22.2 Å². The van der Waals surface area contributed by atoms with Crippen LogP contribution in [0.3, 0.4) is 0 Å². The molecule has 1 unspecified atom stereocenters. The Bertz CT molecular complexity index is 1220. The summed E-state index contributed by atoms with van der Waals surface area (Å²) in [7, 11) is 0. The molecule has 0 spiro atoms. The Hall–Kier alpha value is -3.38. The van der Waals surface area contributed by atoms with E-state index < -0.39 is 17.8 Å². The number of fused-ring (bicyclic) bond motifs is 1. The van der Waals surface area contributed by atoms with E-state index in [0.717, 1.165) is 21.8 Å². The summed E-state index contributed by atoms with van der Waals surface area (Å²) in [6.07, 6.45) is 1.25. The second-order valence-electron chi connectivity index (χ2n) is 7.02. The van der Waals surface area contributed by atoms with E-state index in [1.807, 2.05) is 60.7 Å². The predicted molar refractivity (Wildman–Crippen MR) is 123 cm³/mol. The summed E-state index contributed by atoms with van der Waals surface area (Å²) in [6.45, 7) is 0. The van der Waals surface area contributed by atoms with Crippen LogP contribution >= 0.6 is 15.9 Å². The van der Waals surface area contributed by atoms with Crippen LogP contribution in [-0.2, 0) is 11.2 Å². The van der Waals surface area contributed by atoms with Crippen molar-refractivity contribution in [2.45, 2.75) is 12.5 Å². The maximum atomic E-state index is 13.9. The van der Waals surface area contributed by atoms with Crippen molar-refractivity contribution in [2.24, 2.45) is 4.99 Å². The Morgan fingerprint density at radius 1 is 1.00 bits per heavy atom. The molecule has 4 rings (SSSR count). The third-order valence-electron chi connectivity index (χ3n) is 4.94. The molecule has 1 aromatic heterocycles. The van der Waals surface area contributed by atoms with Crippen LogP contribution in [0.4, 0.5) is 4.39 Å². The minimum atomic E-state index is -1.05. The molecule has 0 aliphatic carbocycles. The zero-order chi connectivity index (χ0) is 21.8. The Labute approximate surface area is 187 Å². The number of aromatic nitrogens is 1. The number of halogens is 2. The van der Waals surface area contributed by atoms with Crippen LogP contribution in [0.15, 0.2) is 94.5 Å². The molecule has 0 amide bonds. The monoisotopic (exact) mass is 476 g/mol. The Kier molecular flexibility index (Phi) is 6.18. The number of hydrogen-bond donors (Lipinski definition) is 1. The van der Waals surface area contributed by atoms with Gasteiger partial charge in [-0.15, -0.1) is 0 Å². The minimum Gasteiger partial charge on any atom is -0.480 e. The van der Waals surface area contributed by atoms with Crippen molar-refractivity contribution in [1.29, 1.82) is 0 Å². The first-order valence-corrected chi connectivity index (χ1v) is 10.5. The molecule has 4 nitrogen and oxygen atoms in total. The second kappa shape index (κ2) is 9.18. The van der Waals surface area contributed by atoms with E-state index in [9.17, 15) is 14.3 Å². The smallest absolute Gasteiger partial charge is 0.328 e. The fourth-order valence-corrected chi connectivity index (χ4v) is 3.90. The first kappa shape index (κ1) is 20.9. The summed E-state index contributed by atoms with van der Waals surface area (Å²) < 4.78 is 14.6. The number of carboxylic acid groups (broad SMARTS) is 1. The van der Waals surface area contributed by atoms with Gasteiger partial charge in [0, 0.05) is 27.4 Å². The third kappa shape index (κ3) is 4.70. The van der Waals surface area contributed by atoms with Crippen molar-refractivity contribution < 1.29 is 14.3 Å². The summed E-state index contributed by atoms with van der Waals surface area (Å²) in [5, 5.41) is 10.5. The number of rotatable bonds is 6. The number of nitrogens with zero attached hydrogens (tertiary/aromatic N) is 2. The third-order valence-corrected chi connectivity index (χ3v) is 5.57. The van der Waals surface area contributed by atoms with Crippen molar-refractivity contribution in [3.8, 4) is 0 Å². The lowest BCUT2D eigenvalue weighted by Crippen LogP contribution is -2.23.